The number of H-pyrrole nitrogens is 2. The van der Waals surface area contributed by atoms with Crippen molar-refractivity contribution in [3.8, 4) is 0 Å². The van der Waals surface area contributed by atoms with Gasteiger partial charge in [0.25, 0.3) is 5.56 Å². The maximum Gasteiger partial charge on any atom is 0.261 e. The van der Waals surface area contributed by atoms with Crippen LogP contribution in [0.5, 0.6) is 0 Å². The Balaban J connectivity index is 1.47. The Labute approximate surface area is 138 Å². The fourth-order valence-corrected chi connectivity index (χ4v) is 2.86. The van der Waals surface area contributed by atoms with Crippen LogP contribution in [-0.2, 0) is 11.3 Å². The monoisotopic (exact) mass is 325 g/mol. The van der Waals surface area contributed by atoms with Crippen LogP contribution in [0.25, 0.3) is 11.0 Å². The lowest BCUT2D eigenvalue weighted by molar-refractivity contribution is 0.0342. The van der Waals surface area contributed by atoms with Crippen LogP contribution >= 0.6 is 0 Å². The first-order chi connectivity index (χ1) is 11.8. The molecule has 1 saturated heterocycles. The molecule has 4 rings (SSSR count). The van der Waals surface area contributed by atoms with Crippen molar-refractivity contribution in [1.82, 2.24) is 19.9 Å². The highest BCUT2D eigenvalue weighted by Gasteiger charge is 2.10. The summed E-state index contributed by atoms with van der Waals surface area (Å²) in [5.74, 6) is 0.427. The lowest BCUT2D eigenvalue weighted by Gasteiger charge is -2.26. The number of nitrogens with one attached hydrogen (secondary N) is 3. The average molecular weight is 325 g/mol. The van der Waals surface area contributed by atoms with Crippen LogP contribution in [0.15, 0.2) is 41.3 Å². The van der Waals surface area contributed by atoms with Gasteiger partial charge in [0.1, 0.15) is 5.65 Å². The number of aromatic nitrogens is 3. The molecule has 7 nitrogen and oxygen atoms in total. The minimum absolute atomic E-state index is 0.160. The summed E-state index contributed by atoms with van der Waals surface area (Å²) in [5, 5.41) is 3.69. The van der Waals surface area contributed by atoms with Crippen molar-refractivity contribution < 1.29 is 4.74 Å². The molecule has 1 fully saturated rings. The molecule has 0 unspecified atom stereocenters. The number of hydrogen-bond acceptors (Lipinski definition) is 5. The summed E-state index contributed by atoms with van der Waals surface area (Å²) < 4.78 is 5.37. The van der Waals surface area contributed by atoms with Gasteiger partial charge in [-0.15, -0.1) is 0 Å². The molecule has 0 radical (unpaired) electrons. The predicted octanol–water partition coefficient (Wildman–Crippen LogP) is 1.83. The largest absolute Gasteiger partial charge is 0.379 e. The van der Waals surface area contributed by atoms with Gasteiger partial charge in [-0.2, -0.15) is 4.98 Å². The van der Waals surface area contributed by atoms with E-state index < -0.39 is 0 Å². The van der Waals surface area contributed by atoms with Crippen LogP contribution in [0.2, 0.25) is 0 Å². The SMILES string of the molecule is O=c1[nH]c(Nc2ccc(CN3CCOCC3)cc2)nc2[nH]ccc12. The lowest BCUT2D eigenvalue weighted by Crippen LogP contribution is -2.35. The van der Waals surface area contributed by atoms with E-state index in [1.54, 1.807) is 12.3 Å². The smallest absolute Gasteiger partial charge is 0.261 e. The summed E-state index contributed by atoms with van der Waals surface area (Å²) in [5.41, 5.74) is 2.55. The normalized spacial score (nSPS) is 15.7. The van der Waals surface area contributed by atoms with E-state index in [1.807, 2.05) is 12.1 Å². The van der Waals surface area contributed by atoms with Gasteiger partial charge in [-0.25, -0.2) is 0 Å². The third-order valence-corrected chi connectivity index (χ3v) is 4.15. The second-order valence-corrected chi connectivity index (χ2v) is 5.86. The van der Waals surface area contributed by atoms with Crippen molar-refractivity contribution in [3.05, 3.63) is 52.4 Å². The predicted molar refractivity (Wildman–Crippen MR) is 92.5 cm³/mol. The fraction of sp³-hybridized carbons (Fsp3) is 0.294. The third kappa shape index (κ3) is 3.17. The van der Waals surface area contributed by atoms with Crippen molar-refractivity contribution in [2.24, 2.45) is 0 Å². The van der Waals surface area contributed by atoms with Gasteiger partial charge < -0.3 is 15.0 Å². The molecular formula is C17H19N5O2. The van der Waals surface area contributed by atoms with Gasteiger partial charge in [-0.3, -0.25) is 14.7 Å². The highest BCUT2D eigenvalue weighted by atomic mass is 16.5. The number of morpholine rings is 1. The van der Waals surface area contributed by atoms with E-state index in [2.05, 4.69) is 37.3 Å². The van der Waals surface area contributed by atoms with E-state index >= 15 is 0 Å². The van der Waals surface area contributed by atoms with Crippen molar-refractivity contribution in [2.75, 3.05) is 31.6 Å². The summed E-state index contributed by atoms with van der Waals surface area (Å²) in [7, 11) is 0. The zero-order chi connectivity index (χ0) is 16.4. The maximum atomic E-state index is 12.0. The number of benzene rings is 1. The van der Waals surface area contributed by atoms with Crippen molar-refractivity contribution in [1.29, 1.82) is 0 Å². The van der Waals surface area contributed by atoms with Crippen LogP contribution in [0.1, 0.15) is 5.56 Å². The summed E-state index contributed by atoms with van der Waals surface area (Å²) >= 11 is 0. The van der Waals surface area contributed by atoms with Gasteiger partial charge in [-0.05, 0) is 23.8 Å². The first-order valence-electron chi connectivity index (χ1n) is 8.01. The second-order valence-electron chi connectivity index (χ2n) is 5.86. The van der Waals surface area contributed by atoms with E-state index in [1.165, 1.54) is 5.56 Å². The molecule has 2 aromatic heterocycles. The van der Waals surface area contributed by atoms with E-state index in [0.29, 0.717) is 17.0 Å². The van der Waals surface area contributed by atoms with Crippen molar-refractivity contribution in [2.45, 2.75) is 6.54 Å². The molecule has 0 amide bonds. The highest BCUT2D eigenvalue weighted by molar-refractivity contribution is 5.75. The molecule has 1 aromatic carbocycles. The zero-order valence-corrected chi connectivity index (χ0v) is 13.2. The number of hydrogen-bond donors (Lipinski definition) is 3. The van der Waals surface area contributed by atoms with Gasteiger partial charge in [-0.1, -0.05) is 12.1 Å². The number of ether oxygens (including phenoxy) is 1. The number of nitrogens with zero attached hydrogens (tertiary/aromatic N) is 2. The van der Waals surface area contributed by atoms with Crippen molar-refractivity contribution >= 4 is 22.7 Å². The quantitative estimate of drug-likeness (QED) is 0.681. The minimum atomic E-state index is -0.160. The summed E-state index contributed by atoms with van der Waals surface area (Å²) in [6, 6.07) is 9.88. The number of aromatic amines is 2. The fourth-order valence-electron chi connectivity index (χ4n) is 2.86. The highest BCUT2D eigenvalue weighted by Crippen LogP contribution is 2.16. The maximum absolute atomic E-state index is 12.0. The van der Waals surface area contributed by atoms with Crippen LogP contribution in [0.4, 0.5) is 11.6 Å². The van der Waals surface area contributed by atoms with Gasteiger partial charge in [0.2, 0.25) is 5.95 Å². The standard InChI is InChI=1S/C17H19N5O2/c23-16-14-5-6-18-15(14)20-17(21-16)19-13-3-1-12(2-4-13)11-22-7-9-24-10-8-22/h1-6H,7-11H2,(H3,18,19,20,21,23). The molecule has 0 bridgehead atoms. The van der Waals surface area contributed by atoms with Crippen LogP contribution in [-0.4, -0.2) is 46.2 Å². The number of rotatable bonds is 4. The Morgan fingerprint density at radius 3 is 2.75 bits per heavy atom. The second kappa shape index (κ2) is 6.46. The van der Waals surface area contributed by atoms with E-state index in [4.69, 9.17) is 4.74 Å². The Morgan fingerprint density at radius 2 is 1.96 bits per heavy atom. The van der Waals surface area contributed by atoms with Crippen LogP contribution in [0, 0.1) is 0 Å². The molecule has 0 spiro atoms. The number of anilines is 2. The molecule has 3 aromatic rings. The number of fused-ring (bicyclic) bond motifs is 1. The minimum Gasteiger partial charge on any atom is -0.379 e. The average Bonchev–Trinajstić information content (AvgIpc) is 3.07. The van der Waals surface area contributed by atoms with Crippen molar-refractivity contribution in [3.63, 3.8) is 0 Å². The Hall–Kier alpha value is -2.64. The first-order valence-corrected chi connectivity index (χ1v) is 8.01. The lowest BCUT2D eigenvalue weighted by atomic mass is 10.2. The summed E-state index contributed by atoms with van der Waals surface area (Å²) in [6.45, 7) is 4.48. The van der Waals surface area contributed by atoms with Crippen LogP contribution in [0.3, 0.4) is 0 Å². The van der Waals surface area contributed by atoms with Crippen LogP contribution < -0.4 is 10.9 Å². The topological polar surface area (TPSA) is 86.0 Å². The Bertz CT molecular complexity index is 878. The molecule has 1 aliphatic heterocycles. The molecule has 3 N–H and O–H groups in total. The summed E-state index contributed by atoms with van der Waals surface area (Å²) in [6.07, 6.45) is 1.71. The first kappa shape index (κ1) is 14.9. The molecule has 0 aliphatic carbocycles. The molecule has 0 atom stereocenters. The summed E-state index contributed by atoms with van der Waals surface area (Å²) in [4.78, 5) is 24.4. The van der Waals surface area contributed by atoms with E-state index in [0.717, 1.165) is 38.5 Å². The molecule has 0 saturated carbocycles. The molecule has 1 aliphatic rings. The van der Waals surface area contributed by atoms with E-state index in [9.17, 15) is 4.79 Å². The molecule has 24 heavy (non-hydrogen) atoms. The molecule has 7 heteroatoms. The molecule has 124 valence electrons. The van der Waals surface area contributed by atoms with Gasteiger partial charge in [0.15, 0.2) is 0 Å². The van der Waals surface area contributed by atoms with Gasteiger partial charge in [0, 0.05) is 31.5 Å². The Kier molecular flexibility index (Phi) is 4.02. The third-order valence-electron chi connectivity index (χ3n) is 4.15. The van der Waals surface area contributed by atoms with Gasteiger partial charge >= 0.3 is 0 Å². The van der Waals surface area contributed by atoms with Gasteiger partial charge in [0.05, 0.1) is 18.6 Å². The Morgan fingerprint density at radius 1 is 1.17 bits per heavy atom. The van der Waals surface area contributed by atoms with E-state index in [-0.39, 0.29) is 5.56 Å². The molecule has 3 heterocycles. The zero-order valence-electron chi connectivity index (χ0n) is 13.2. The molecular weight excluding hydrogens is 306 g/mol.